The minimum atomic E-state index is -0.250. The lowest BCUT2D eigenvalue weighted by molar-refractivity contribution is -0.0435. The van der Waals surface area contributed by atoms with Crippen molar-refractivity contribution in [1.29, 1.82) is 0 Å². The molecule has 1 heterocycles. The van der Waals surface area contributed by atoms with Crippen molar-refractivity contribution in [1.82, 2.24) is 0 Å². The Morgan fingerprint density at radius 3 is 2.67 bits per heavy atom. The normalized spacial score (nSPS) is 43.7. The fourth-order valence-corrected chi connectivity index (χ4v) is 1.12. The van der Waals surface area contributed by atoms with Gasteiger partial charge < -0.3 is 9.84 Å². The van der Waals surface area contributed by atoms with Gasteiger partial charge in [0.15, 0.2) is 0 Å². The molecule has 0 spiro atoms. The summed E-state index contributed by atoms with van der Waals surface area (Å²) in [6, 6.07) is 0. The third-order valence-corrected chi connectivity index (χ3v) is 2.34. The van der Waals surface area contributed by atoms with E-state index in [9.17, 15) is 0 Å². The number of hydrogen-bond donors (Lipinski definition) is 1. The molecule has 0 saturated carbocycles. The molecule has 2 nitrogen and oxygen atoms in total. The Labute approximate surface area is 55.8 Å². The quantitative estimate of drug-likeness (QED) is 0.568. The maximum atomic E-state index is 8.87. The van der Waals surface area contributed by atoms with Crippen LogP contribution in [0.2, 0.25) is 0 Å². The molecule has 0 aromatic heterocycles. The fourth-order valence-electron chi connectivity index (χ4n) is 1.12. The predicted molar refractivity (Wildman–Crippen MR) is 35.2 cm³/mol. The van der Waals surface area contributed by atoms with E-state index >= 15 is 0 Å². The molecule has 0 bridgehead atoms. The van der Waals surface area contributed by atoms with Crippen LogP contribution in [0.15, 0.2) is 0 Å². The summed E-state index contributed by atoms with van der Waals surface area (Å²) in [5.74, 6) is 0.502. The Hall–Kier alpha value is -0.0800. The summed E-state index contributed by atoms with van der Waals surface area (Å²) >= 11 is 0. The minimum absolute atomic E-state index is 0.147. The summed E-state index contributed by atoms with van der Waals surface area (Å²) in [4.78, 5) is 0. The molecule has 1 N–H and O–H groups in total. The highest BCUT2D eigenvalue weighted by atomic mass is 16.5. The first kappa shape index (κ1) is 7.03. The predicted octanol–water partition coefficient (Wildman–Crippen LogP) is 0.794. The van der Waals surface area contributed by atoms with Crippen LogP contribution in [0.5, 0.6) is 0 Å². The Kier molecular flexibility index (Phi) is 1.78. The zero-order valence-electron chi connectivity index (χ0n) is 6.05. The molecule has 9 heavy (non-hydrogen) atoms. The second-order valence-electron chi connectivity index (χ2n) is 3.01. The Balaban J connectivity index is 2.56. The van der Waals surface area contributed by atoms with Gasteiger partial charge in [0.25, 0.3) is 0 Å². The van der Waals surface area contributed by atoms with Crippen LogP contribution in [0.4, 0.5) is 0 Å². The van der Waals surface area contributed by atoms with Crippen LogP contribution in [-0.2, 0) is 4.74 Å². The molecule has 54 valence electrons. The molecule has 0 aromatic carbocycles. The van der Waals surface area contributed by atoms with Gasteiger partial charge in [0.2, 0.25) is 0 Å². The Morgan fingerprint density at radius 1 is 1.78 bits per heavy atom. The van der Waals surface area contributed by atoms with Gasteiger partial charge in [0.05, 0.1) is 12.2 Å². The Bertz CT molecular complexity index is 103. The first-order chi connectivity index (χ1) is 4.19. The van der Waals surface area contributed by atoms with Crippen molar-refractivity contribution < 1.29 is 9.84 Å². The van der Waals surface area contributed by atoms with Gasteiger partial charge in [-0.1, -0.05) is 6.92 Å². The molecule has 2 atom stereocenters. The second kappa shape index (κ2) is 2.27. The number of aliphatic hydroxyl groups excluding tert-OH is 1. The summed E-state index contributed by atoms with van der Waals surface area (Å²) in [5.41, 5.74) is -0.250. The first-order valence-electron chi connectivity index (χ1n) is 3.44. The van der Waals surface area contributed by atoms with Gasteiger partial charge in [-0.05, 0) is 19.3 Å². The van der Waals surface area contributed by atoms with Crippen molar-refractivity contribution in [3.8, 4) is 0 Å². The third kappa shape index (κ3) is 1.10. The monoisotopic (exact) mass is 130 g/mol. The van der Waals surface area contributed by atoms with Crippen LogP contribution >= 0.6 is 0 Å². The molecule has 1 aliphatic rings. The maximum absolute atomic E-state index is 8.87. The molecular weight excluding hydrogens is 116 g/mol. The van der Waals surface area contributed by atoms with Gasteiger partial charge in [0, 0.05) is 6.61 Å². The molecule has 0 aliphatic carbocycles. The highest BCUT2D eigenvalue weighted by Gasteiger charge is 2.36. The van der Waals surface area contributed by atoms with Gasteiger partial charge in [0.1, 0.15) is 0 Å². The van der Waals surface area contributed by atoms with Crippen molar-refractivity contribution >= 4 is 0 Å². The lowest BCUT2D eigenvalue weighted by atomic mass is 9.92. The highest BCUT2D eigenvalue weighted by molar-refractivity contribution is 4.85. The van der Waals surface area contributed by atoms with Gasteiger partial charge in [-0.15, -0.1) is 0 Å². The molecule has 1 rings (SSSR count). The van der Waals surface area contributed by atoms with E-state index in [1.807, 2.05) is 6.92 Å². The zero-order chi connectivity index (χ0) is 6.91. The lowest BCUT2D eigenvalue weighted by Gasteiger charge is -2.24. The SMILES string of the molecule is CC1CCOC1(C)CO. The topological polar surface area (TPSA) is 29.5 Å². The van der Waals surface area contributed by atoms with Gasteiger partial charge in [-0.25, -0.2) is 0 Å². The van der Waals surface area contributed by atoms with Crippen molar-refractivity contribution in [3.05, 3.63) is 0 Å². The van der Waals surface area contributed by atoms with Crippen LogP contribution in [0.3, 0.4) is 0 Å². The van der Waals surface area contributed by atoms with Crippen molar-refractivity contribution in [2.45, 2.75) is 25.9 Å². The van der Waals surface area contributed by atoms with E-state index in [1.54, 1.807) is 0 Å². The average Bonchev–Trinajstić information content (AvgIpc) is 2.15. The largest absolute Gasteiger partial charge is 0.393 e. The molecule has 2 heteroatoms. The molecule has 1 saturated heterocycles. The average molecular weight is 130 g/mol. The standard InChI is InChI=1S/C7H14O2/c1-6-3-4-9-7(6,2)5-8/h6,8H,3-5H2,1-2H3. The summed E-state index contributed by atoms with van der Waals surface area (Å²) < 4.78 is 5.35. The molecular formula is C7H14O2. The van der Waals surface area contributed by atoms with Crippen LogP contribution in [-0.4, -0.2) is 23.9 Å². The number of aliphatic hydroxyl groups is 1. The van der Waals surface area contributed by atoms with Crippen LogP contribution in [0, 0.1) is 5.92 Å². The van der Waals surface area contributed by atoms with E-state index in [0.717, 1.165) is 13.0 Å². The summed E-state index contributed by atoms with van der Waals surface area (Å²) in [6.07, 6.45) is 1.08. The van der Waals surface area contributed by atoms with Crippen molar-refractivity contribution in [2.24, 2.45) is 5.92 Å². The third-order valence-electron chi connectivity index (χ3n) is 2.34. The van der Waals surface area contributed by atoms with E-state index in [-0.39, 0.29) is 12.2 Å². The summed E-state index contributed by atoms with van der Waals surface area (Å²) in [7, 11) is 0. The van der Waals surface area contributed by atoms with Crippen molar-refractivity contribution in [3.63, 3.8) is 0 Å². The van der Waals surface area contributed by atoms with E-state index in [1.165, 1.54) is 0 Å². The minimum Gasteiger partial charge on any atom is -0.393 e. The summed E-state index contributed by atoms with van der Waals surface area (Å²) in [5, 5.41) is 8.87. The van der Waals surface area contributed by atoms with Crippen molar-refractivity contribution in [2.75, 3.05) is 13.2 Å². The smallest absolute Gasteiger partial charge is 0.0910 e. The molecule has 1 aliphatic heterocycles. The van der Waals surface area contributed by atoms with E-state index in [0.29, 0.717) is 5.92 Å². The highest BCUT2D eigenvalue weighted by Crippen LogP contribution is 2.30. The first-order valence-corrected chi connectivity index (χ1v) is 3.44. The molecule has 0 radical (unpaired) electrons. The fraction of sp³-hybridized carbons (Fsp3) is 1.00. The molecule has 1 fully saturated rings. The van der Waals surface area contributed by atoms with Gasteiger partial charge in [-0.2, -0.15) is 0 Å². The maximum Gasteiger partial charge on any atom is 0.0910 e. The zero-order valence-corrected chi connectivity index (χ0v) is 6.05. The van der Waals surface area contributed by atoms with E-state index in [2.05, 4.69) is 6.92 Å². The molecule has 2 unspecified atom stereocenters. The molecule has 0 amide bonds. The molecule has 0 aromatic rings. The second-order valence-corrected chi connectivity index (χ2v) is 3.01. The van der Waals surface area contributed by atoms with Crippen LogP contribution < -0.4 is 0 Å². The van der Waals surface area contributed by atoms with Crippen LogP contribution in [0.1, 0.15) is 20.3 Å². The lowest BCUT2D eigenvalue weighted by Crippen LogP contribution is -2.34. The number of rotatable bonds is 1. The van der Waals surface area contributed by atoms with Crippen LogP contribution in [0.25, 0.3) is 0 Å². The van der Waals surface area contributed by atoms with Gasteiger partial charge in [-0.3, -0.25) is 0 Å². The number of hydrogen-bond acceptors (Lipinski definition) is 2. The van der Waals surface area contributed by atoms with E-state index < -0.39 is 0 Å². The van der Waals surface area contributed by atoms with Gasteiger partial charge >= 0.3 is 0 Å². The summed E-state index contributed by atoms with van der Waals surface area (Å²) in [6.45, 7) is 5.03. The Morgan fingerprint density at radius 2 is 2.44 bits per heavy atom. The van der Waals surface area contributed by atoms with E-state index in [4.69, 9.17) is 9.84 Å². The number of ether oxygens (including phenoxy) is 1.